The van der Waals surface area contributed by atoms with Gasteiger partial charge >= 0.3 is 0 Å². The van der Waals surface area contributed by atoms with Gasteiger partial charge < -0.3 is 15.1 Å². The van der Waals surface area contributed by atoms with E-state index in [-0.39, 0.29) is 29.9 Å². The van der Waals surface area contributed by atoms with Gasteiger partial charge in [-0.1, -0.05) is 49.2 Å². The molecular weight excluding hydrogens is 460 g/mol. The summed E-state index contributed by atoms with van der Waals surface area (Å²) < 4.78 is 0. The fraction of sp³-hybridized carbons (Fsp3) is 0.387. The molecule has 2 fully saturated rings. The quantitative estimate of drug-likeness (QED) is 0.502. The summed E-state index contributed by atoms with van der Waals surface area (Å²) in [6, 6.07) is 22.4. The van der Waals surface area contributed by atoms with E-state index in [1.165, 1.54) is 5.56 Å². The van der Waals surface area contributed by atoms with Crippen molar-refractivity contribution in [1.82, 2.24) is 14.8 Å². The highest BCUT2D eigenvalue weighted by Crippen LogP contribution is 2.36. The van der Waals surface area contributed by atoms with Crippen LogP contribution in [0.15, 0.2) is 79.1 Å². The largest absolute Gasteiger partial charge is 0.381 e. The number of benzene rings is 2. The second-order valence-corrected chi connectivity index (χ2v) is 10.3. The fourth-order valence-corrected chi connectivity index (χ4v) is 6.01. The van der Waals surface area contributed by atoms with E-state index >= 15 is 0 Å². The third-order valence-corrected chi connectivity index (χ3v) is 7.81. The summed E-state index contributed by atoms with van der Waals surface area (Å²) in [5, 5.41) is 3.41. The molecule has 0 spiro atoms. The topological polar surface area (TPSA) is 65.5 Å². The molecule has 0 radical (unpaired) electrons. The number of hydrogen-bond donors (Lipinski definition) is 1. The number of carbonyl (C=O) groups is 2. The summed E-state index contributed by atoms with van der Waals surface area (Å²) in [6.07, 6.45) is 9.40. The lowest BCUT2D eigenvalue weighted by Gasteiger charge is -2.37. The highest BCUT2D eigenvalue weighted by atomic mass is 16.2. The van der Waals surface area contributed by atoms with Crippen LogP contribution in [-0.2, 0) is 17.8 Å². The van der Waals surface area contributed by atoms with E-state index in [0.29, 0.717) is 12.1 Å². The Labute approximate surface area is 219 Å². The first-order valence-corrected chi connectivity index (χ1v) is 13.5. The number of aromatic nitrogens is 1. The van der Waals surface area contributed by atoms with Crippen LogP contribution in [0, 0.1) is 0 Å². The van der Waals surface area contributed by atoms with Crippen LogP contribution in [0.25, 0.3) is 0 Å². The molecule has 2 saturated heterocycles. The first-order chi connectivity index (χ1) is 18.1. The maximum atomic E-state index is 14.1. The molecule has 0 unspecified atom stereocenters. The predicted molar refractivity (Wildman–Crippen MR) is 146 cm³/mol. The Bertz CT molecular complexity index is 1180. The third-order valence-electron chi connectivity index (χ3n) is 7.81. The number of amides is 2. The van der Waals surface area contributed by atoms with Gasteiger partial charge in [-0.05, 0) is 67.1 Å². The number of likely N-dealkylation sites (tertiary alicyclic amines) is 2. The van der Waals surface area contributed by atoms with Crippen molar-refractivity contribution in [3.05, 3.63) is 95.8 Å². The van der Waals surface area contributed by atoms with E-state index in [0.717, 1.165) is 56.3 Å². The van der Waals surface area contributed by atoms with Crippen molar-refractivity contribution in [2.45, 2.75) is 70.1 Å². The first-order valence-electron chi connectivity index (χ1n) is 13.5. The Morgan fingerprint density at radius 1 is 0.919 bits per heavy atom. The van der Waals surface area contributed by atoms with Crippen LogP contribution in [-0.4, -0.2) is 51.3 Å². The first kappa shape index (κ1) is 25.0. The van der Waals surface area contributed by atoms with E-state index < -0.39 is 0 Å². The minimum atomic E-state index is 0.0498. The van der Waals surface area contributed by atoms with Gasteiger partial charge in [0.05, 0.1) is 12.1 Å². The zero-order chi connectivity index (χ0) is 25.6. The number of hydrogen-bond acceptors (Lipinski definition) is 4. The van der Waals surface area contributed by atoms with Gasteiger partial charge in [0.1, 0.15) is 0 Å². The van der Waals surface area contributed by atoms with Crippen molar-refractivity contribution in [2.24, 2.45) is 0 Å². The molecule has 3 atom stereocenters. The Morgan fingerprint density at radius 2 is 1.70 bits per heavy atom. The van der Waals surface area contributed by atoms with Crippen molar-refractivity contribution in [3.8, 4) is 0 Å². The third kappa shape index (κ3) is 5.85. The maximum absolute atomic E-state index is 14.1. The Kier molecular flexibility index (Phi) is 7.83. The zero-order valence-corrected chi connectivity index (χ0v) is 21.6. The summed E-state index contributed by atoms with van der Waals surface area (Å²) in [6.45, 7) is 3.14. The Balaban J connectivity index is 1.38. The van der Waals surface area contributed by atoms with Crippen molar-refractivity contribution < 1.29 is 9.59 Å². The lowest BCUT2D eigenvalue weighted by atomic mass is 9.96. The molecule has 1 aromatic heterocycles. The lowest BCUT2D eigenvalue weighted by molar-refractivity contribution is -0.132. The van der Waals surface area contributed by atoms with Gasteiger partial charge in [-0.25, -0.2) is 0 Å². The van der Waals surface area contributed by atoms with Crippen molar-refractivity contribution in [1.29, 1.82) is 0 Å². The SMILES string of the molecule is CC(=O)N1CCCCC[C@@H]2[C@@H]1C[C@@H](Cc1ccccc1)N2C(=O)c1ccc(NCc2cccnc2)cc1. The molecule has 192 valence electrons. The molecular formula is C31H36N4O2. The summed E-state index contributed by atoms with van der Waals surface area (Å²) in [7, 11) is 0. The molecule has 0 bridgehead atoms. The standard InChI is InChI=1S/C31H36N4O2/c1-23(36)34-18-7-3-6-12-29-30(34)20-28(19-24-9-4-2-5-10-24)35(29)31(37)26-13-15-27(16-14-26)33-22-25-11-8-17-32-21-25/h2,4-5,8-11,13-17,21,28-30,33H,3,6-7,12,18-20,22H2,1H3/t28-,29-,30+/m1/s1. The molecule has 37 heavy (non-hydrogen) atoms. The predicted octanol–water partition coefficient (Wildman–Crippen LogP) is 5.31. The van der Waals surface area contributed by atoms with Crippen LogP contribution in [0.3, 0.4) is 0 Å². The Hall–Kier alpha value is -3.67. The molecule has 0 saturated carbocycles. The van der Waals surface area contributed by atoms with E-state index in [2.05, 4.69) is 39.5 Å². The number of anilines is 1. The highest BCUT2D eigenvalue weighted by Gasteiger charge is 2.46. The minimum absolute atomic E-state index is 0.0498. The summed E-state index contributed by atoms with van der Waals surface area (Å²) in [4.78, 5) is 35.0. The smallest absolute Gasteiger partial charge is 0.254 e. The Morgan fingerprint density at radius 3 is 2.43 bits per heavy atom. The second kappa shape index (κ2) is 11.6. The van der Waals surface area contributed by atoms with E-state index in [1.807, 2.05) is 53.6 Å². The summed E-state index contributed by atoms with van der Waals surface area (Å²) >= 11 is 0. The molecule has 2 aromatic carbocycles. The molecule has 1 N–H and O–H groups in total. The van der Waals surface area contributed by atoms with Crippen LogP contribution < -0.4 is 5.32 Å². The number of nitrogens with one attached hydrogen (secondary N) is 1. The average molecular weight is 497 g/mol. The molecule has 6 heteroatoms. The average Bonchev–Trinajstić information content (AvgIpc) is 3.24. The van der Waals surface area contributed by atoms with Crippen LogP contribution in [0.4, 0.5) is 5.69 Å². The fourth-order valence-electron chi connectivity index (χ4n) is 6.01. The van der Waals surface area contributed by atoms with Crippen molar-refractivity contribution in [2.75, 3.05) is 11.9 Å². The second-order valence-electron chi connectivity index (χ2n) is 10.3. The summed E-state index contributed by atoms with van der Waals surface area (Å²) in [5.41, 5.74) is 3.99. The number of fused-ring (bicyclic) bond motifs is 1. The van der Waals surface area contributed by atoms with Crippen molar-refractivity contribution >= 4 is 17.5 Å². The molecule has 2 amide bonds. The molecule has 6 nitrogen and oxygen atoms in total. The van der Waals surface area contributed by atoms with Crippen LogP contribution >= 0.6 is 0 Å². The molecule has 2 aliphatic rings. The van der Waals surface area contributed by atoms with Gasteiger partial charge in [0.25, 0.3) is 5.91 Å². The van der Waals surface area contributed by atoms with Crippen molar-refractivity contribution in [3.63, 3.8) is 0 Å². The lowest BCUT2D eigenvalue weighted by Crippen LogP contribution is -2.50. The molecule has 0 aliphatic carbocycles. The maximum Gasteiger partial charge on any atom is 0.254 e. The van der Waals surface area contributed by atoms with Gasteiger partial charge in [-0.15, -0.1) is 0 Å². The molecule has 3 heterocycles. The zero-order valence-electron chi connectivity index (χ0n) is 21.6. The minimum Gasteiger partial charge on any atom is -0.381 e. The van der Waals surface area contributed by atoms with Gasteiger partial charge in [-0.2, -0.15) is 0 Å². The summed E-state index contributed by atoms with van der Waals surface area (Å²) in [5.74, 6) is 0.185. The van der Waals surface area contributed by atoms with Gasteiger partial charge in [0, 0.05) is 49.7 Å². The van der Waals surface area contributed by atoms with Gasteiger partial charge in [-0.3, -0.25) is 14.6 Å². The highest BCUT2D eigenvalue weighted by molar-refractivity contribution is 5.95. The van der Waals surface area contributed by atoms with Crippen LogP contribution in [0.2, 0.25) is 0 Å². The van der Waals surface area contributed by atoms with Gasteiger partial charge in [0.2, 0.25) is 5.91 Å². The van der Waals surface area contributed by atoms with E-state index in [4.69, 9.17) is 0 Å². The normalized spacial score (nSPS) is 21.6. The monoisotopic (exact) mass is 496 g/mol. The van der Waals surface area contributed by atoms with Crippen LogP contribution in [0.5, 0.6) is 0 Å². The number of rotatable bonds is 6. The van der Waals surface area contributed by atoms with Crippen LogP contribution in [0.1, 0.15) is 60.5 Å². The molecule has 5 rings (SSSR count). The molecule has 3 aromatic rings. The van der Waals surface area contributed by atoms with E-state index in [9.17, 15) is 9.59 Å². The van der Waals surface area contributed by atoms with E-state index in [1.54, 1.807) is 13.1 Å². The number of pyridine rings is 1. The van der Waals surface area contributed by atoms with Gasteiger partial charge in [0.15, 0.2) is 0 Å². The number of carbonyl (C=O) groups excluding carboxylic acids is 2. The molecule has 2 aliphatic heterocycles. The number of nitrogens with zero attached hydrogens (tertiary/aromatic N) is 3.